The fourth-order valence-corrected chi connectivity index (χ4v) is 2.09. The van der Waals surface area contributed by atoms with E-state index in [1.165, 1.54) is 6.92 Å². The van der Waals surface area contributed by atoms with Crippen LogP contribution < -0.4 is 0 Å². The van der Waals surface area contributed by atoms with Crippen LogP contribution in [0.5, 0.6) is 0 Å². The van der Waals surface area contributed by atoms with Crippen LogP contribution in [0.3, 0.4) is 0 Å². The van der Waals surface area contributed by atoms with Gasteiger partial charge >= 0.3 is 12.1 Å². The zero-order chi connectivity index (χ0) is 15.3. The number of piperidine rings is 1. The number of allylic oxidation sites excluding steroid dienone is 2. The Balaban J connectivity index is 2.55. The molecule has 4 nitrogen and oxygen atoms in total. The normalized spacial score (nSPS) is 18.1. The molecule has 1 heterocycles. The zero-order valence-electron chi connectivity index (χ0n) is 11.5. The third-order valence-corrected chi connectivity index (χ3v) is 3.23. The van der Waals surface area contributed by atoms with Crippen LogP contribution in [0.1, 0.15) is 26.7 Å². The van der Waals surface area contributed by atoms with Crippen LogP contribution in [0.25, 0.3) is 0 Å². The minimum Gasteiger partial charge on any atom is -0.466 e. The summed E-state index contributed by atoms with van der Waals surface area (Å²) in [7, 11) is 0. The molecule has 0 unspecified atom stereocenters. The van der Waals surface area contributed by atoms with Gasteiger partial charge in [-0.15, -0.1) is 0 Å². The molecular formula is C13H18F3NO3. The fourth-order valence-electron chi connectivity index (χ4n) is 2.09. The van der Waals surface area contributed by atoms with Crippen molar-refractivity contribution in [2.45, 2.75) is 32.9 Å². The van der Waals surface area contributed by atoms with Gasteiger partial charge < -0.3 is 9.64 Å². The lowest BCUT2D eigenvalue weighted by Crippen LogP contribution is -2.36. The molecule has 0 aromatic rings. The molecule has 1 saturated heterocycles. The number of hydrogen-bond acceptors (Lipinski definition) is 4. The van der Waals surface area contributed by atoms with Crippen LogP contribution in [-0.4, -0.2) is 42.5 Å². The number of nitrogens with zero attached hydrogens (tertiary/aromatic N) is 1. The van der Waals surface area contributed by atoms with Crippen LogP contribution in [0.15, 0.2) is 11.8 Å². The summed E-state index contributed by atoms with van der Waals surface area (Å²) in [5.74, 6) is -2.33. The Morgan fingerprint density at radius 2 is 1.85 bits per heavy atom. The van der Waals surface area contributed by atoms with Crippen molar-refractivity contribution >= 4 is 11.8 Å². The second-order valence-corrected chi connectivity index (χ2v) is 4.66. The standard InChI is InChI=1S/C13H18F3NO3/c1-3-20-12(19)10-4-6-17(7-5-10)9(2)8-11(18)13(14,15)16/h8,10H,3-7H2,1-2H3/b9-8+. The summed E-state index contributed by atoms with van der Waals surface area (Å²) >= 11 is 0. The summed E-state index contributed by atoms with van der Waals surface area (Å²) in [5.41, 5.74) is 0.273. The number of ether oxygens (including phenoxy) is 1. The second kappa shape index (κ2) is 6.76. The van der Waals surface area contributed by atoms with E-state index in [1.807, 2.05) is 0 Å². The van der Waals surface area contributed by atoms with Crippen molar-refractivity contribution in [1.29, 1.82) is 0 Å². The lowest BCUT2D eigenvalue weighted by Gasteiger charge is -2.33. The summed E-state index contributed by atoms with van der Waals surface area (Å²) in [4.78, 5) is 24.1. The molecule has 0 bridgehead atoms. The molecule has 0 amide bonds. The van der Waals surface area contributed by atoms with Crippen molar-refractivity contribution in [2.24, 2.45) is 5.92 Å². The smallest absolute Gasteiger partial charge is 0.454 e. The number of likely N-dealkylation sites (tertiary alicyclic amines) is 1. The second-order valence-electron chi connectivity index (χ2n) is 4.66. The Labute approximate surface area is 115 Å². The molecule has 1 fully saturated rings. The Morgan fingerprint density at radius 1 is 1.30 bits per heavy atom. The summed E-state index contributed by atoms with van der Waals surface area (Å²) in [6.07, 6.45) is -3.20. The molecule has 0 saturated carbocycles. The maximum Gasteiger partial charge on any atom is 0.454 e. The largest absolute Gasteiger partial charge is 0.466 e. The van der Waals surface area contributed by atoms with Crippen LogP contribution >= 0.6 is 0 Å². The van der Waals surface area contributed by atoms with Gasteiger partial charge in [0.15, 0.2) is 0 Å². The van der Waals surface area contributed by atoms with E-state index in [1.54, 1.807) is 11.8 Å². The topological polar surface area (TPSA) is 46.6 Å². The first kappa shape index (κ1) is 16.5. The molecule has 0 atom stereocenters. The predicted octanol–water partition coefficient (Wildman–Crippen LogP) is 2.30. The third kappa shape index (κ3) is 4.54. The number of esters is 1. The minimum absolute atomic E-state index is 0.211. The molecule has 0 aromatic heterocycles. The highest BCUT2D eigenvalue weighted by atomic mass is 19.4. The number of ketones is 1. The van der Waals surface area contributed by atoms with E-state index in [0.29, 0.717) is 38.6 Å². The Hall–Kier alpha value is -1.53. The van der Waals surface area contributed by atoms with Crippen molar-refractivity contribution in [2.75, 3.05) is 19.7 Å². The lowest BCUT2D eigenvalue weighted by atomic mass is 9.96. The Bertz CT molecular complexity index is 396. The monoisotopic (exact) mass is 293 g/mol. The van der Waals surface area contributed by atoms with Gasteiger partial charge in [0.05, 0.1) is 12.5 Å². The van der Waals surface area contributed by atoms with Crippen molar-refractivity contribution in [3.63, 3.8) is 0 Å². The SMILES string of the molecule is CCOC(=O)C1CCN(/C(C)=C/C(=O)C(F)(F)F)CC1. The van der Waals surface area contributed by atoms with E-state index in [9.17, 15) is 22.8 Å². The molecule has 0 N–H and O–H groups in total. The number of alkyl halides is 3. The number of halogens is 3. The van der Waals surface area contributed by atoms with Crippen LogP contribution in [0.4, 0.5) is 13.2 Å². The highest BCUT2D eigenvalue weighted by Gasteiger charge is 2.37. The summed E-state index contributed by atoms with van der Waals surface area (Å²) in [6, 6.07) is 0. The molecule has 1 aliphatic rings. The first-order valence-electron chi connectivity index (χ1n) is 6.46. The Kier molecular flexibility index (Phi) is 5.59. The molecule has 0 aliphatic carbocycles. The highest BCUT2D eigenvalue weighted by molar-refractivity contribution is 5.94. The van der Waals surface area contributed by atoms with Crippen LogP contribution in [0.2, 0.25) is 0 Å². The van der Waals surface area contributed by atoms with Gasteiger partial charge in [-0.25, -0.2) is 0 Å². The van der Waals surface area contributed by atoms with Gasteiger partial charge in [0.1, 0.15) is 0 Å². The third-order valence-electron chi connectivity index (χ3n) is 3.23. The van der Waals surface area contributed by atoms with E-state index in [-0.39, 0.29) is 17.6 Å². The van der Waals surface area contributed by atoms with Crippen molar-refractivity contribution in [3.05, 3.63) is 11.8 Å². The van der Waals surface area contributed by atoms with E-state index < -0.39 is 12.0 Å². The zero-order valence-corrected chi connectivity index (χ0v) is 11.5. The van der Waals surface area contributed by atoms with Gasteiger partial charge in [-0.2, -0.15) is 13.2 Å². The molecule has 7 heteroatoms. The number of carbonyl (C=O) groups is 2. The average Bonchev–Trinajstić information content (AvgIpc) is 2.38. The van der Waals surface area contributed by atoms with Gasteiger partial charge in [0, 0.05) is 24.9 Å². The van der Waals surface area contributed by atoms with Crippen molar-refractivity contribution < 1.29 is 27.5 Å². The van der Waals surface area contributed by atoms with Gasteiger partial charge in [-0.3, -0.25) is 9.59 Å². The Morgan fingerprint density at radius 3 is 2.30 bits per heavy atom. The molecule has 20 heavy (non-hydrogen) atoms. The van der Waals surface area contributed by atoms with Crippen LogP contribution in [0, 0.1) is 5.92 Å². The lowest BCUT2D eigenvalue weighted by molar-refractivity contribution is -0.165. The van der Waals surface area contributed by atoms with E-state index in [4.69, 9.17) is 4.74 Å². The quantitative estimate of drug-likeness (QED) is 0.589. The average molecular weight is 293 g/mol. The van der Waals surface area contributed by atoms with Crippen LogP contribution in [-0.2, 0) is 14.3 Å². The molecule has 0 radical (unpaired) electrons. The van der Waals surface area contributed by atoms with Gasteiger partial charge in [-0.05, 0) is 26.7 Å². The number of carbonyl (C=O) groups excluding carboxylic acids is 2. The fraction of sp³-hybridized carbons (Fsp3) is 0.692. The van der Waals surface area contributed by atoms with E-state index in [2.05, 4.69) is 0 Å². The highest BCUT2D eigenvalue weighted by Crippen LogP contribution is 2.23. The molecule has 0 aromatic carbocycles. The molecule has 1 rings (SSSR count). The van der Waals surface area contributed by atoms with Gasteiger partial charge in [-0.1, -0.05) is 0 Å². The summed E-state index contributed by atoms with van der Waals surface area (Å²) in [6.45, 7) is 4.39. The maximum absolute atomic E-state index is 12.2. The number of rotatable bonds is 4. The molecule has 0 spiro atoms. The first-order chi connectivity index (χ1) is 9.25. The van der Waals surface area contributed by atoms with E-state index in [0.717, 1.165) is 0 Å². The molecular weight excluding hydrogens is 275 g/mol. The molecule has 114 valence electrons. The predicted molar refractivity (Wildman–Crippen MR) is 65.7 cm³/mol. The van der Waals surface area contributed by atoms with Gasteiger partial charge in [0.2, 0.25) is 0 Å². The maximum atomic E-state index is 12.2. The van der Waals surface area contributed by atoms with Gasteiger partial charge in [0.25, 0.3) is 5.78 Å². The summed E-state index contributed by atoms with van der Waals surface area (Å²) in [5, 5.41) is 0. The van der Waals surface area contributed by atoms with Crippen molar-refractivity contribution in [1.82, 2.24) is 4.90 Å². The first-order valence-corrected chi connectivity index (χ1v) is 6.46. The van der Waals surface area contributed by atoms with Crippen molar-refractivity contribution in [3.8, 4) is 0 Å². The number of hydrogen-bond donors (Lipinski definition) is 0. The molecule has 1 aliphatic heterocycles. The van der Waals surface area contributed by atoms with E-state index >= 15 is 0 Å². The summed E-state index contributed by atoms with van der Waals surface area (Å²) < 4.78 is 41.4. The minimum atomic E-state index is -4.84.